The summed E-state index contributed by atoms with van der Waals surface area (Å²) < 4.78 is 0. The van der Waals surface area contributed by atoms with Crippen molar-refractivity contribution in [3.63, 3.8) is 0 Å². The first-order chi connectivity index (χ1) is 11.8. The Labute approximate surface area is 144 Å². The van der Waals surface area contributed by atoms with Gasteiger partial charge in [0.05, 0.1) is 5.01 Å². The number of pyridine rings is 1. The number of benzene rings is 1. The van der Waals surface area contributed by atoms with Gasteiger partial charge < -0.3 is 0 Å². The van der Waals surface area contributed by atoms with Crippen LogP contribution in [0.3, 0.4) is 0 Å². The van der Waals surface area contributed by atoms with Gasteiger partial charge in [-0.15, -0.1) is 11.3 Å². The first-order valence-electron chi connectivity index (χ1n) is 8.14. The van der Waals surface area contributed by atoms with Gasteiger partial charge in [0, 0.05) is 52.6 Å². The van der Waals surface area contributed by atoms with Crippen molar-refractivity contribution in [3.05, 3.63) is 64.5 Å². The summed E-state index contributed by atoms with van der Waals surface area (Å²) in [4.78, 5) is 8.66. The molecule has 0 fully saturated rings. The van der Waals surface area contributed by atoms with Gasteiger partial charge in [0.2, 0.25) is 0 Å². The van der Waals surface area contributed by atoms with E-state index in [0.717, 1.165) is 46.6 Å². The molecule has 5 heteroatoms. The summed E-state index contributed by atoms with van der Waals surface area (Å²) in [5.41, 5.74) is 5.72. The molecule has 0 amide bonds. The minimum atomic E-state index is 0.788. The summed E-state index contributed by atoms with van der Waals surface area (Å²) in [5, 5.41) is 12.1. The molecule has 4 nitrogen and oxygen atoms in total. The van der Waals surface area contributed by atoms with Crippen molar-refractivity contribution < 1.29 is 0 Å². The molecule has 1 aromatic carbocycles. The van der Waals surface area contributed by atoms with Crippen LogP contribution < -0.4 is 0 Å². The SMILES string of the molecule is CCCc1cc(-c2cccnc2)c2n[nH]c(Cc3nccs3)c2c1. The number of H-pyrrole nitrogens is 1. The number of hydrogen-bond donors (Lipinski definition) is 1. The minimum absolute atomic E-state index is 0.788. The van der Waals surface area contributed by atoms with Crippen molar-refractivity contribution in [3.8, 4) is 11.1 Å². The predicted octanol–water partition coefficient (Wildman–Crippen LogP) is 4.62. The highest BCUT2D eigenvalue weighted by molar-refractivity contribution is 7.09. The second-order valence-corrected chi connectivity index (χ2v) is 6.82. The number of aromatic amines is 1. The molecule has 0 unspecified atom stereocenters. The van der Waals surface area contributed by atoms with Gasteiger partial charge in [-0.3, -0.25) is 10.1 Å². The van der Waals surface area contributed by atoms with Gasteiger partial charge in [0.15, 0.2) is 0 Å². The number of aromatic nitrogens is 4. The topological polar surface area (TPSA) is 54.5 Å². The van der Waals surface area contributed by atoms with Gasteiger partial charge in [0.1, 0.15) is 5.52 Å². The number of fused-ring (bicyclic) bond motifs is 1. The highest BCUT2D eigenvalue weighted by Gasteiger charge is 2.14. The summed E-state index contributed by atoms with van der Waals surface area (Å²) in [7, 11) is 0. The van der Waals surface area contributed by atoms with Crippen molar-refractivity contribution in [2.24, 2.45) is 0 Å². The molecule has 4 aromatic rings. The maximum atomic E-state index is 4.60. The molecule has 4 rings (SSSR count). The van der Waals surface area contributed by atoms with E-state index in [1.54, 1.807) is 17.5 Å². The molecule has 3 aromatic heterocycles. The van der Waals surface area contributed by atoms with Crippen LogP contribution in [0.1, 0.15) is 29.6 Å². The third-order valence-electron chi connectivity index (χ3n) is 4.12. The van der Waals surface area contributed by atoms with Crippen LogP contribution in [0.15, 0.2) is 48.2 Å². The van der Waals surface area contributed by atoms with E-state index >= 15 is 0 Å². The van der Waals surface area contributed by atoms with E-state index in [1.807, 2.05) is 23.8 Å². The van der Waals surface area contributed by atoms with Crippen LogP contribution in [-0.4, -0.2) is 20.2 Å². The van der Waals surface area contributed by atoms with Crippen molar-refractivity contribution >= 4 is 22.2 Å². The third-order valence-corrected chi connectivity index (χ3v) is 4.90. The van der Waals surface area contributed by atoms with E-state index in [1.165, 1.54) is 10.9 Å². The Kier molecular flexibility index (Phi) is 4.09. The average Bonchev–Trinajstić information content (AvgIpc) is 3.26. The molecule has 1 N–H and O–H groups in total. The van der Waals surface area contributed by atoms with Gasteiger partial charge in [-0.25, -0.2) is 4.98 Å². The highest BCUT2D eigenvalue weighted by atomic mass is 32.1. The number of nitrogens with one attached hydrogen (secondary N) is 1. The number of hydrogen-bond acceptors (Lipinski definition) is 4. The molecule has 0 saturated heterocycles. The maximum absolute atomic E-state index is 4.60. The molecule has 0 spiro atoms. The number of nitrogens with zero attached hydrogens (tertiary/aromatic N) is 3. The smallest absolute Gasteiger partial charge is 0.100 e. The fourth-order valence-electron chi connectivity index (χ4n) is 3.03. The molecule has 0 atom stereocenters. The van der Waals surface area contributed by atoms with Gasteiger partial charge in [-0.05, 0) is 30.2 Å². The molecule has 3 heterocycles. The minimum Gasteiger partial charge on any atom is -0.281 e. The Bertz CT molecular complexity index is 942. The first-order valence-corrected chi connectivity index (χ1v) is 9.01. The standard InChI is InChI=1S/C19H18N4S/c1-2-4-13-9-15(14-5-3-6-20-12-14)19-16(10-13)17(22-23-19)11-18-21-7-8-24-18/h3,5-10,12H,2,4,11H2,1H3,(H,22,23). The largest absolute Gasteiger partial charge is 0.281 e. The summed E-state index contributed by atoms with van der Waals surface area (Å²) in [5.74, 6) is 0. The van der Waals surface area contributed by atoms with Crippen LogP contribution in [0.4, 0.5) is 0 Å². The van der Waals surface area contributed by atoms with E-state index in [-0.39, 0.29) is 0 Å². The van der Waals surface area contributed by atoms with E-state index in [2.05, 4.69) is 45.3 Å². The molecule has 0 saturated carbocycles. The van der Waals surface area contributed by atoms with Crippen molar-refractivity contribution in [2.75, 3.05) is 0 Å². The Morgan fingerprint density at radius 3 is 2.92 bits per heavy atom. The first kappa shape index (κ1) is 15.0. The van der Waals surface area contributed by atoms with Crippen molar-refractivity contribution in [1.82, 2.24) is 20.2 Å². The number of rotatable bonds is 5. The lowest BCUT2D eigenvalue weighted by molar-refractivity contribution is 0.924. The lowest BCUT2D eigenvalue weighted by Crippen LogP contribution is -1.91. The summed E-state index contributed by atoms with van der Waals surface area (Å²) in [6.07, 6.45) is 8.52. The highest BCUT2D eigenvalue weighted by Crippen LogP contribution is 2.31. The van der Waals surface area contributed by atoms with Crippen molar-refractivity contribution in [2.45, 2.75) is 26.2 Å². The maximum Gasteiger partial charge on any atom is 0.100 e. The van der Waals surface area contributed by atoms with Crippen LogP contribution >= 0.6 is 11.3 Å². The van der Waals surface area contributed by atoms with E-state index in [4.69, 9.17) is 0 Å². The Balaban J connectivity index is 1.87. The molecule has 0 aliphatic carbocycles. The zero-order valence-electron chi connectivity index (χ0n) is 13.5. The molecule has 120 valence electrons. The van der Waals surface area contributed by atoms with Gasteiger partial charge >= 0.3 is 0 Å². The summed E-state index contributed by atoms with van der Waals surface area (Å²) in [6.45, 7) is 2.21. The number of thiazole rings is 1. The summed E-state index contributed by atoms with van der Waals surface area (Å²) in [6, 6.07) is 8.57. The van der Waals surface area contributed by atoms with E-state index < -0.39 is 0 Å². The molecular weight excluding hydrogens is 316 g/mol. The number of aryl methyl sites for hydroxylation is 1. The monoisotopic (exact) mass is 334 g/mol. The Morgan fingerprint density at radius 2 is 2.17 bits per heavy atom. The van der Waals surface area contributed by atoms with E-state index in [0.29, 0.717) is 0 Å². The van der Waals surface area contributed by atoms with Crippen LogP contribution in [0, 0.1) is 0 Å². The Morgan fingerprint density at radius 1 is 1.21 bits per heavy atom. The Hall–Kier alpha value is -2.53. The second-order valence-electron chi connectivity index (χ2n) is 5.84. The fraction of sp³-hybridized carbons (Fsp3) is 0.211. The average molecular weight is 334 g/mol. The molecule has 0 radical (unpaired) electrons. The molecule has 0 bridgehead atoms. The van der Waals surface area contributed by atoms with Crippen LogP contribution in [0.25, 0.3) is 22.0 Å². The van der Waals surface area contributed by atoms with Gasteiger partial charge in [-0.1, -0.05) is 19.4 Å². The zero-order valence-corrected chi connectivity index (χ0v) is 14.3. The van der Waals surface area contributed by atoms with E-state index in [9.17, 15) is 0 Å². The van der Waals surface area contributed by atoms with Crippen LogP contribution in [0.2, 0.25) is 0 Å². The lowest BCUT2D eigenvalue weighted by atomic mass is 9.97. The summed E-state index contributed by atoms with van der Waals surface area (Å²) >= 11 is 1.68. The second kappa shape index (κ2) is 6.53. The lowest BCUT2D eigenvalue weighted by Gasteiger charge is -2.07. The molecule has 0 aliphatic heterocycles. The van der Waals surface area contributed by atoms with Crippen LogP contribution in [-0.2, 0) is 12.8 Å². The fourth-order valence-corrected chi connectivity index (χ4v) is 3.66. The van der Waals surface area contributed by atoms with Gasteiger partial charge in [-0.2, -0.15) is 5.10 Å². The predicted molar refractivity (Wildman–Crippen MR) is 98.2 cm³/mol. The van der Waals surface area contributed by atoms with Gasteiger partial charge in [0.25, 0.3) is 0 Å². The third kappa shape index (κ3) is 2.83. The normalized spacial score (nSPS) is 11.2. The van der Waals surface area contributed by atoms with Crippen LogP contribution in [0.5, 0.6) is 0 Å². The van der Waals surface area contributed by atoms with Crippen molar-refractivity contribution in [1.29, 1.82) is 0 Å². The molecular formula is C19H18N4S. The zero-order chi connectivity index (χ0) is 16.4. The molecule has 0 aliphatic rings. The quantitative estimate of drug-likeness (QED) is 0.579. The molecule has 24 heavy (non-hydrogen) atoms.